The Bertz CT molecular complexity index is 776. The summed E-state index contributed by atoms with van der Waals surface area (Å²) in [6.07, 6.45) is 2.53. The first-order valence-electron chi connectivity index (χ1n) is 7.37. The van der Waals surface area contributed by atoms with Crippen molar-refractivity contribution in [2.24, 2.45) is 5.92 Å². The molecule has 0 aliphatic heterocycles. The number of carbonyl (C=O) groups excluding carboxylic acids is 1. The number of fused-ring (bicyclic) bond motifs is 1. The second-order valence-corrected chi connectivity index (χ2v) is 7.96. The molecule has 0 radical (unpaired) electrons. The smallest absolute Gasteiger partial charge is 0.216 e. The Morgan fingerprint density at radius 1 is 1.32 bits per heavy atom. The maximum absolute atomic E-state index is 12.4. The molecule has 0 fully saturated rings. The molecule has 1 heterocycles. The summed E-state index contributed by atoms with van der Waals surface area (Å²) in [5.41, 5.74) is 1.91. The van der Waals surface area contributed by atoms with Crippen LogP contribution in [0.4, 0.5) is 0 Å². The van der Waals surface area contributed by atoms with E-state index in [-0.39, 0.29) is 17.6 Å². The van der Waals surface area contributed by atoms with Gasteiger partial charge in [-0.15, -0.1) is 0 Å². The first kappa shape index (κ1) is 16.5. The summed E-state index contributed by atoms with van der Waals surface area (Å²) in [4.78, 5) is 14.4. The molecule has 1 aromatic heterocycles. The van der Waals surface area contributed by atoms with Crippen LogP contribution in [-0.4, -0.2) is 31.6 Å². The van der Waals surface area contributed by atoms with Crippen LogP contribution in [0.1, 0.15) is 26.3 Å². The minimum absolute atomic E-state index is 0.0694. The number of sulfone groups is 1. The third-order valence-corrected chi connectivity index (χ3v) is 5.50. The van der Waals surface area contributed by atoms with E-state index in [1.54, 1.807) is 18.2 Å². The molecule has 0 saturated heterocycles. The van der Waals surface area contributed by atoms with Crippen molar-refractivity contribution < 1.29 is 13.2 Å². The van der Waals surface area contributed by atoms with Crippen LogP contribution < -0.4 is 5.32 Å². The summed E-state index contributed by atoms with van der Waals surface area (Å²) in [7, 11) is -3.26. The maximum Gasteiger partial charge on any atom is 0.216 e. The van der Waals surface area contributed by atoms with E-state index in [0.717, 1.165) is 16.5 Å². The number of amides is 1. The zero-order chi connectivity index (χ0) is 16.3. The van der Waals surface area contributed by atoms with Crippen LogP contribution in [0, 0.1) is 5.92 Å². The molecule has 0 aliphatic carbocycles. The van der Waals surface area contributed by atoms with Crippen molar-refractivity contribution in [3.8, 4) is 0 Å². The Morgan fingerprint density at radius 3 is 2.68 bits per heavy atom. The molecule has 120 valence electrons. The number of aromatic amines is 1. The summed E-state index contributed by atoms with van der Waals surface area (Å²) < 4.78 is 24.7. The van der Waals surface area contributed by atoms with Gasteiger partial charge in [0.15, 0.2) is 9.84 Å². The third kappa shape index (κ3) is 3.88. The minimum atomic E-state index is -3.26. The van der Waals surface area contributed by atoms with Crippen LogP contribution in [0.2, 0.25) is 0 Å². The number of H-pyrrole nitrogens is 1. The van der Waals surface area contributed by atoms with Gasteiger partial charge in [0.25, 0.3) is 0 Å². The van der Waals surface area contributed by atoms with Gasteiger partial charge in [-0.05, 0) is 36.1 Å². The average molecular weight is 322 g/mol. The molecular weight excluding hydrogens is 300 g/mol. The lowest BCUT2D eigenvalue weighted by atomic mass is 10.1. The molecule has 2 rings (SSSR count). The molecule has 0 spiro atoms. The van der Waals surface area contributed by atoms with Gasteiger partial charge in [-0.2, -0.15) is 0 Å². The highest BCUT2D eigenvalue weighted by Gasteiger charge is 2.17. The molecule has 1 aromatic carbocycles. The van der Waals surface area contributed by atoms with Gasteiger partial charge in [0.05, 0.1) is 10.6 Å². The highest BCUT2D eigenvalue weighted by atomic mass is 32.2. The van der Waals surface area contributed by atoms with Crippen molar-refractivity contribution in [2.75, 3.05) is 12.3 Å². The van der Waals surface area contributed by atoms with Crippen LogP contribution in [0.3, 0.4) is 0 Å². The zero-order valence-electron chi connectivity index (χ0n) is 13.1. The fraction of sp³-hybridized carbons (Fsp3) is 0.438. The molecule has 22 heavy (non-hydrogen) atoms. The fourth-order valence-electron chi connectivity index (χ4n) is 2.47. The van der Waals surface area contributed by atoms with Crippen LogP contribution in [0.15, 0.2) is 29.3 Å². The predicted molar refractivity (Wildman–Crippen MR) is 87.6 cm³/mol. The van der Waals surface area contributed by atoms with E-state index in [0.29, 0.717) is 17.9 Å². The highest BCUT2D eigenvalue weighted by molar-refractivity contribution is 7.91. The topological polar surface area (TPSA) is 79.0 Å². The number of rotatable bonds is 6. The fourth-order valence-corrected chi connectivity index (χ4v) is 4.11. The molecule has 6 heteroatoms. The Labute approximate surface area is 131 Å². The van der Waals surface area contributed by atoms with Gasteiger partial charge in [0.2, 0.25) is 5.91 Å². The quantitative estimate of drug-likeness (QED) is 0.856. The van der Waals surface area contributed by atoms with Crippen molar-refractivity contribution in [2.45, 2.75) is 32.1 Å². The van der Waals surface area contributed by atoms with E-state index in [1.807, 2.05) is 20.0 Å². The number of aromatic nitrogens is 1. The van der Waals surface area contributed by atoms with Gasteiger partial charge < -0.3 is 10.3 Å². The summed E-state index contributed by atoms with van der Waals surface area (Å²) in [6.45, 7) is 5.80. The second kappa shape index (κ2) is 6.52. The van der Waals surface area contributed by atoms with Gasteiger partial charge in [-0.25, -0.2) is 8.42 Å². The summed E-state index contributed by atoms with van der Waals surface area (Å²) in [6, 6.07) is 5.17. The molecule has 1 amide bonds. The standard InChI is InChI=1S/C16H22N2O3S/c1-11(2)10-22(20,21)14-4-5-16-15(8-14)13(9-18-16)6-7-17-12(3)19/h4-5,8-9,11,18H,6-7,10H2,1-3H3,(H,17,19). The van der Waals surface area contributed by atoms with E-state index < -0.39 is 9.84 Å². The first-order valence-corrected chi connectivity index (χ1v) is 9.02. The number of benzene rings is 1. The molecular formula is C16H22N2O3S. The minimum Gasteiger partial charge on any atom is -0.361 e. The summed E-state index contributed by atoms with van der Waals surface area (Å²) in [5.74, 6) is 0.163. The Balaban J connectivity index is 2.30. The van der Waals surface area contributed by atoms with E-state index in [1.165, 1.54) is 6.92 Å². The Hall–Kier alpha value is -1.82. The van der Waals surface area contributed by atoms with E-state index in [4.69, 9.17) is 0 Å². The number of nitrogens with one attached hydrogen (secondary N) is 2. The lowest BCUT2D eigenvalue weighted by molar-refractivity contribution is -0.118. The van der Waals surface area contributed by atoms with E-state index in [2.05, 4.69) is 10.3 Å². The van der Waals surface area contributed by atoms with Gasteiger partial charge in [0, 0.05) is 30.6 Å². The number of carbonyl (C=O) groups is 1. The Morgan fingerprint density at radius 2 is 2.05 bits per heavy atom. The van der Waals surface area contributed by atoms with Gasteiger partial charge in [0.1, 0.15) is 0 Å². The monoisotopic (exact) mass is 322 g/mol. The first-order chi connectivity index (χ1) is 10.3. The molecule has 0 atom stereocenters. The lowest BCUT2D eigenvalue weighted by Gasteiger charge is -2.08. The van der Waals surface area contributed by atoms with Crippen molar-refractivity contribution in [1.82, 2.24) is 10.3 Å². The second-order valence-electron chi connectivity index (χ2n) is 5.93. The van der Waals surface area contributed by atoms with Crippen molar-refractivity contribution in [3.63, 3.8) is 0 Å². The molecule has 0 saturated carbocycles. The summed E-state index contributed by atoms with van der Waals surface area (Å²) >= 11 is 0. The van der Waals surface area contributed by atoms with Crippen molar-refractivity contribution >= 4 is 26.6 Å². The van der Waals surface area contributed by atoms with Gasteiger partial charge >= 0.3 is 0 Å². The van der Waals surface area contributed by atoms with Gasteiger partial charge in [-0.1, -0.05) is 13.8 Å². The van der Waals surface area contributed by atoms with Crippen LogP contribution in [0.5, 0.6) is 0 Å². The maximum atomic E-state index is 12.4. The number of hydrogen-bond donors (Lipinski definition) is 2. The average Bonchev–Trinajstić information content (AvgIpc) is 2.79. The SMILES string of the molecule is CC(=O)NCCc1c[nH]c2ccc(S(=O)(=O)CC(C)C)cc12. The lowest BCUT2D eigenvalue weighted by Crippen LogP contribution is -2.22. The normalized spacial score (nSPS) is 12.0. The molecule has 0 aliphatic rings. The zero-order valence-corrected chi connectivity index (χ0v) is 14.0. The summed E-state index contributed by atoms with van der Waals surface area (Å²) in [5, 5.41) is 3.65. The third-order valence-electron chi connectivity index (χ3n) is 3.42. The van der Waals surface area contributed by atoms with E-state index in [9.17, 15) is 13.2 Å². The van der Waals surface area contributed by atoms with E-state index >= 15 is 0 Å². The largest absolute Gasteiger partial charge is 0.361 e. The molecule has 0 unspecified atom stereocenters. The molecule has 5 nitrogen and oxygen atoms in total. The van der Waals surface area contributed by atoms with Crippen molar-refractivity contribution in [1.29, 1.82) is 0 Å². The highest BCUT2D eigenvalue weighted by Crippen LogP contribution is 2.24. The van der Waals surface area contributed by atoms with Crippen LogP contribution in [-0.2, 0) is 21.1 Å². The predicted octanol–water partition coefficient (Wildman–Crippen LogP) is 2.28. The molecule has 2 aromatic rings. The van der Waals surface area contributed by atoms with Crippen molar-refractivity contribution in [3.05, 3.63) is 30.0 Å². The number of hydrogen-bond acceptors (Lipinski definition) is 3. The van der Waals surface area contributed by atoms with Crippen LogP contribution in [0.25, 0.3) is 10.9 Å². The molecule has 0 bridgehead atoms. The molecule has 2 N–H and O–H groups in total. The Kier molecular flexibility index (Phi) is 4.90. The van der Waals surface area contributed by atoms with Gasteiger partial charge in [-0.3, -0.25) is 4.79 Å². The van der Waals surface area contributed by atoms with Crippen LogP contribution >= 0.6 is 0 Å².